The molecule has 1 N–H and O–H groups in total. The van der Waals surface area contributed by atoms with Gasteiger partial charge in [-0.15, -0.1) is 10.2 Å². The quantitative estimate of drug-likeness (QED) is 0.920. The van der Waals surface area contributed by atoms with E-state index in [9.17, 15) is 13.2 Å². The first-order valence-corrected chi connectivity index (χ1v) is 6.28. The molecule has 0 aromatic carbocycles. The van der Waals surface area contributed by atoms with Gasteiger partial charge in [-0.2, -0.15) is 13.2 Å². The van der Waals surface area contributed by atoms with Gasteiger partial charge in [0, 0.05) is 25.7 Å². The minimum absolute atomic E-state index is 0.0148. The number of aromatic nitrogens is 2. The fourth-order valence-corrected chi connectivity index (χ4v) is 1.88. The molecule has 1 aromatic heterocycles. The SMILES string of the molecule is CN(CCNC(C)(C)C)c1nnc(C(F)(F)F)s1. The molecule has 0 amide bonds. The molecule has 0 spiro atoms. The highest BCUT2D eigenvalue weighted by atomic mass is 32.1. The Balaban J connectivity index is 2.52. The van der Waals surface area contributed by atoms with Gasteiger partial charge in [-0.3, -0.25) is 0 Å². The number of halogens is 3. The third-order valence-corrected chi connectivity index (χ3v) is 3.17. The number of likely N-dealkylation sites (N-methyl/N-ethyl adjacent to an activating group) is 1. The summed E-state index contributed by atoms with van der Waals surface area (Å²) in [5, 5.41) is 9.31. The van der Waals surface area contributed by atoms with E-state index in [0.29, 0.717) is 24.4 Å². The number of alkyl halides is 3. The van der Waals surface area contributed by atoms with Crippen molar-refractivity contribution < 1.29 is 13.2 Å². The summed E-state index contributed by atoms with van der Waals surface area (Å²) < 4.78 is 37.0. The van der Waals surface area contributed by atoms with Crippen molar-refractivity contribution in [1.82, 2.24) is 15.5 Å². The lowest BCUT2D eigenvalue weighted by atomic mass is 10.1. The number of nitrogens with one attached hydrogen (secondary N) is 1. The van der Waals surface area contributed by atoms with Crippen LogP contribution in [0.25, 0.3) is 0 Å². The minimum atomic E-state index is -4.42. The van der Waals surface area contributed by atoms with Crippen LogP contribution >= 0.6 is 11.3 Å². The van der Waals surface area contributed by atoms with Crippen LogP contribution in [0.3, 0.4) is 0 Å². The number of rotatable bonds is 4. The Morgan fingerprint density at radius 3 is 2.28 bits per heavy atom. The van der Waals surface area contributed by atoms with Gasteiger partial charge in [-0.25, -0.2) is 0 Å². The number of anilines is 1. The summed E-state index contributed by atoms with van der Waals surface area (Å²) in [5.41, 5.74) is -0.0148. The lowest BCUT2D eigenvalue weighted by Crippen LogP contribution is -2.40. The van der Waals surface area contributed by atoms with E-state index in [1.54, 1.807) is 11.9 Å². The first-order chi connectivity index (χ1) is 8.09. The maximum atomic E-state index is 12.3. The van der Waals surface area contributed by atoms with E-state index < -0.39 is 11.2 Å². The second-order valence-electron chi connectivity index (χ2n) is 4.99. The smallest absolute Gasteiger partial charge is 0.348 e. The highest BCUT2D eigenvalue weighted by Gasteiger charge is 2.36. The Hall–Kier alpha value is -0.890. The standard InChI is InChI=1S/C10H17F3N4S/c1-9(2,3)14-5-6-17(4)8-16-15-7(18-8)10(11,12)13/h14H,5-6H2,1-4H3. The second-order valence-corrected chi connectivity index (χ2v) is 5.94. The van der Waals surface area contributed by atoms with Gasteiger partial charge in [0.1, 0.15) is 0 Å². The molecule has 0 saturated heterocycles. The van der Waals surface area contributed by atoms with E-state index in [2.05, 4.69) is 15.5 Å². The van der Waals surface area contributed by atoms with Crippen molar-refractivity contribution in [3.63, 3.8) is 0 Å². The number of hydrogen-bond acceptors (Lipinski definition) is 5. The summed E-state index contributed by atoms with van der Waals surface area (Å²) >= 11 is 0.557. The Labute approximate surface area is 108 Å². The molecule has 18 heavy (non-hydrogen) atoms. The maximum Gasteiger partial charge on any atom is 0.445 e. The van der Waals surface area contributed by atoms with E-state index >= 15 is 0 Å². The van der Waals surface area contributed by atoms with Gasteiger partial charge in [0.05, 0.1) is 0 Å². The average molecular weight is 282 g/mol. The third kappa shape index (κ3) is 4.77. The molecule has 0 bridgehead atoms. The van der Waals surface area contributed by atoms with E-state index in [-0.39, 0.29) is 10.7 Å². The van der Waals surface area contributed by atoms with Gasteiger partial charge >= 0.3 is 6.18 Å². The molecule has 1 aromatic rings. The monoisotopic (exact) mass is 282 g/mol. The van der Waals surface area contributed by atoms with Crippen LogP contribution in [0.1, 0.15) is 25.8 Å². The van der Waals surface area contributed by atoms with E-state index in [1.807, 2.05) is 20.8 Å². The van der Waals surface area contributed by atoms with Gasteiger partial charge in [-0.1, -0.05) is 11.3 Å². The van der Waals surface area contributed by atoms with Crippen molar-refractivity contribution in [1.29, 1.82) is 0 Å². The van der Waals surface area contributed by atoms with Crippen LogP contribution < -0.4 is 10.2 Å². The van der Waals surface area contributed by atoms with Crippen molar-refractivity contribution in [2.45, 2.75) is 32.5 Å². The fraction of sp³-hybridized carbons (Fsp3) is 0.800. The van der Waals surface area contributed by atoms with Crippen LogP contribution in [0.4, 0.5) is 18.3 Å². The van der Waals surface area contributed by atoms with E-state index in [1.165, 1.54) is 0 Å². The van der Waals surface area contributed by atoms with Crippen LogP contribution in [-0.2, 0) is 6.18 Å². The Morgan fingerprint density at radius 1 is 1.22 bits per heavy atom. The third-order valence-electron chi connectivity index (χ3n) is 2.09. The topological polar surface area (TPSA) is 41.0 Å². The largest absolute Gasteiger partial charge is 0.445 e. The zero-order chi connectivity index (χ0) is 14.0. The summed E-state index contributed by atoms with van der Waals surface area (Å²) in [6.45, 7) is 7.32. The zero-order valence-corrected chi connectivity index (χ0v) is 11.6. The van der Waals surface area contributed by atoms with Gasteiger partial charge in [0.25, 0.3) is 0 Å². The molecular formula is C10H17F3N4S. The predicted molar refractivity (Wildman–Crippen MR) is 65.9 cm³/mol. The predicted octanol–water partition coefficient (Wildman–Crippen LogP) is 2.38. The second kappa shape index (κ2) is 5.40. The van der Waals surface area contributed by atoms with Crippen LogP contribution in [-0.4, -0.2) is 35.9 Å². The molecule has 0 unspecified atom stereocenters. The summed E-state index contributed by atoms with van der Waals surface area (Å²) in [6.07, 6.45) is -4.42. The molecule has 1 heterocycles. The van der Waals surface area contributed by atoms with Gasteiger partial charge < -0.3 is 10.2 Å². The van der Waals surface area contributed by atoms with E-state index in [0.717, 1.165) is 0 Å². The summed E-state index contributed by atoms with van der Waals surface area (Å²) in [6, 6.07) is 0. The minimum Gasteiger partial charge on any atom is -0.348 e. The molecule has 0 aliphatic heterocycles. The van der Waals surface area contributed by atoms with Gasteiger partial charge in [0.15, 0.2) is 0 Å². The molecule has 0 aliphatic rings. The molecule has 0 fully saturated rings. The summed E-state index contributed by atoms with van der Waals surface area (Å²) in [5.74, 6) is 0. The Bertz CT molecular complexity index is 383. The molecule has 4 nitrogen and oxygen atoms in total. The zero-order valence-electron chi connectivity index (χ0n) is 10.8. The van der Waals surface area contributed by atoms with Crippen molar-refractivity contribution >= 4 is 16.5 Å². The summed E-state index contributed by atoms with van der Waals surface area (Å²) in [4.78, 5) is 1.66. The first-order valence-electron chi connectivity index (χ1n) is 5.46. The number of nitrogens with zero attached hydrogens (tertiary/aromatic N) is 3. The van der Waals surface area contributed by atoms with Crippen LogP contribution in [0.5, 0.6) is 0 Å². The highest BCUT2D eigenvalue weighted by Crippen LogP contribution is 2.33. The normalized spacial score (nSPS) is 12.8. The molecule has 0 atom stereocenters. The van der Waals surface area contributed by atoms with Gasteiger partial charge in [-0.05, 0) is 20.8 Å². The first kappa shape index (κ1) is 15.2. The van der Waals surface area contributed by atoms with Crippen LogP contribution in [0, 0.1) is 0 Å². The van der Waals surface area contributed by atoms with Crippen LogP contribution in [0.15, 0.2) is 0 Å². The van der Waals surface area contributed by atoms with Crippen molar-refractivity contribution in [3.05, 3.63) is 5.01 Å². The molecule has 0 radical (unpaired) electrons. The van der Waals surface area contributed by atoms with Gasteiger partial charge in [0.2, 0.25) is 10.1 Å². The Morgan fingerprint density at radius 2 is 1.83 bits per heavy atom. The average Bonchev–Trinajstić information content (AvgIpc) is 2.62. The number of hydrogen-bond donors (Lipinski definition) is 1. The van der Waals surface area contributed by atoms with Crippen molar-refractivity contribution in [2.24, 2.45) is 0 Å². The molecule has 0 saturated carbocycles. The lowest BCUT2D eigenvalue weighted by Gasteiger charge is -2.23. The molecule has 104 valence electrons. The maximum absolute atomic E-state index is 12.3. The lowest BCUT2D eigenvalue weighted by molar-refractivity contribution is -0.138. The molecule has 1 rings (SSSR count). The molecular weight excluding hydrogens is 265 g/mol. The van der Waals surface area contributed by atoms with Crippen LogP contribution in [0.2, 0.25) is 0 Å². The summed E-state index contributed by atoms with van der Waals surface area (Å²) in [7, 11) is 1.70. The fourth-order valence-electron chi connectivity index (χ4n) is 1.18. The Kier molecular flexibility index (Phi) is 4.55. The highest BCUT2D eigenvalue weighted by molar-refractivity contribution is 7.15. The van der Waals surface area contributed by atoms with E-state index in [4.69, 9.17) is 0 Å². The van der Waals surface area contributed by atoms with Crippen molar-refractivity contribution in [3.8, 4) is 0 Å². The van der Waals surface area contributed by atoms with Crippen molar-refractivity contribution in [2.75, 3.05) is 25.0 Å². The molecule has 0 aliphatic carbocycles. The molecule has 8 heteroatoms.